The van der Waals surface area contributed by atoms with E-state index in [0.717, 1.165) is 10.0 Å². The second-order valence-electron chi connectivity index (χ2n) is 4.54. The molecule has 0 aromatic carbocycles. The van der Waals surface area contributed by atoms with Crippen LogP contribution in [0.5, 0.6) is 0 Å². The van der Waals surface area contributed by atoms with Crippen molar-refractivity contribution in [3.63, 3.8) is 0 Å². The molecule has 0 radical (unpaired) electrons. The van der Waals surface area contributed by atoms with Crippen LogP contribution in [0.25, 0.3) is 0 Å². The number of carbonyl (C=O) groups is 1. The van der Waals surface area contributed by atoms with Crippen molar-refractivity contribution in [3.8, 4) is 0 Å². The Hall–Kier alpha value is -0.940. The SMILES string of the molecule is Cc1cc(NC(=O)[C@@H](N)CC(C)C)ncc1Br. The van der Waals surface area contributed by atoms with E-state index in [1.165, 1.54) is 0 Å². The van der Waals surface area contributed by atoms with Gasteiger partial charge in [-0.3, -0.25) is 4.79 Å². The third kappa shape index (κ3) is 4.44. The zero-order valence-corrected chi connectivity index (χ0v) is 11.9. The third-order valence-corrected chi connectivity index (χ3v) is 3.19. The van der Waals surface area contributed by atoms with E-state index in [1.54, 1.807) is 6.20 Å². The lowest BCUT2D eigenvalue weighted by atomic mass is 10.0. The van der Waals surface area contributed by atoms with Gasteiger partial charge in [-0.1, -0.05) is 13.8 Å². The van der Waals surface area contributed by atoms with Gasteiger partial charge in [-0.15, -0.1) is 0 Å². The van der Waals surface area contributed by atoms with E-state index >= 15 is 0 Å². The molecule has 3 N–H and O–H groups in total. The maximum Gasteiger partial charge on any atom is 0.242 e. The van der Waals surface area contributed by atoms with E-state index in [4.69, 9.17) is 5.73 Å². The molecule has 0 bridgehead atoms. The number of anilines is 1. The Balaban J connectivity index is 2.64. The molecule has 4 nitrogen and oxygen atoms in total. The first-order valence-corrected chi connectivity index (χ1v) is 6.38. The largest absolute Gasteiger partial charge is 0.320 e. The van der Waals surface area contributed by atoms with Crippen LogP contribution < -0.4 is 11.1 Å². The van der Waals surface area contributed by atoms with Gasteiger partial charge < -0.3 is 11.1 Å². The molecule has 0 saturated heterocycles. The minimum atomic E-state index is -0.485. The monoisotopic (exact) mass is 299 g/mol. The zero-order chi connectivity index (χ0) is 13.0. The molecule has 5 heteroatoms. The van der Waals surface area contributed by atoms with Gasteiger partial charge >= 0.3 is 0 Å². The van der Waals surface area contributed by atoms with Gasteiger partial charge in [-0.2, -0.15) is 0 Å². The van der Waals surface area contributed by atoms with Crippen LogP contribution in [0.2, 0.25) is 0 Å². The summed E-state index contributed by atoms with van der Waals surface area (Å²) in [7, 11) is 0. The molecule has 0 aliphatic heterocycles. The van der Waals surface area contributed by atoms with Gasteiger partial charge in [0.2, 0.25) is 5.91 Å². The van der Waals surface area contributed by atoms with Crippen LogP contribution in [0, 0.1) is 12.8 Å². The van der Waals surface area contributed by atoms with Crippen molar-refractivity contribution < 1.29 is 4.79 Å². The number of halogens is 1. The summed E-state index contributed by atoms with van der Waals surface area (Å²) in [6, 6.07) is 1.32. The first-order valence-electron chi connectivity index (χ1n) is 5.58. The molecule has 0 saturated carbocycles. The van der Waals surface area contributed by atoms with E-state index in [2.05, 4.69) is 26.2 Å². The highest BCUT2D eigenvalue weighted by Crippen LogP contribution is 2.17. The zero-order valence-electron chi connectivity index (χ0n) is 10.3. The van der Waals surface area contributed by atoms with E-state index in [9.17, 15) is 4.79 Å². The van der Waals surface area contributed by atoms with Crippen molar-refractivity contribution >= 4 is 27.7 Å². The number of hydrogen-bond donors (Lipinski definition) is 2. The van der Waals surface area contributed by atoms with Gasteiger partial charge in [0.05, 0.1) is 6.04 Å². The van der Waals surface area contributed by atoms with Gasteiger partial charge in [0.15, 0.2) is 0 Å². The molecule has 0 fully saturated rings. The van der Waals surface area contributed by atoms with Crippen LogP contribution in [0.4, 0.5) is 5.82 Å². The Morgan fingerprint density at radius 1 is 1.59 bits per heavy atom. The fourth-order valence-electron chi connectivity index (χ4n) is 1.44. The fourth-order valence-corrected chi connectivity index (χ4v) is 1.66. The molecule has 17 heavy (non-hydrogen) atoms. The minimum Gasteiger partial charge on any atom is -0.320 e. The van der Waals surface area contributed by atoms with Gasteiger partial charge in [0.1, 0.15) is 5.82 Å². The van der Waals surface area contributed by atoms with Crippen molar-refractivity contribution in [1.82, 2.24) is 4.98 Å². The maximum atomic E-state index is 11.8. The molecule has 0 aliphatic carbocycles. The van der Waals surface area contributed by atoms with Crippen LogP contribution in [0.1, 0.15) is 25.8 Å². The van der Waals surface area contributed by atoms with Gasteiger partial charge in [0.25, 0.3) is 0 Å². The molecule has 0 spiro atoms. The van der Waals surface area contributed by atoms with Crippen molar-refractivity contribution in [2.75, 3.05) is 5.32 Å². The van der Waals surface area contributed by atoms with Crippen molar-refractivity contribution in [3.05, 3.63) is 22.3 Å². The second kappa shape index (κ2) is 6.12. The summed E-state index contributed by atoms with van der Waals surface area (Å²) in [5.41, 5.74) is 6.81. The second-order valence-corrected chi connectivity index (χ2v) is 5.40. The molecule has 1 aromatic heterocycles. The summed E-state index contributed by atoms with van der Waals surface area (Å²) in [6.45, 7) is 6.01. The number of nitrogens with zero attached hydrogens (tertiary/aromatic N) is 1. The molecule has 1 aromatic rings. The summed E-state index contributed by atoms with van der Waals surface area (Å²) in [5.74, 6) is 0.748. The summed E-state index contributed by atoms with van der Waals surface area (Å²) in [6.07, 6.45) is 2.33. The number of carbonyl (C=O) groups excluding carboxylic acids is 1. The predicted octanol–water partition coefficient (Wildman–Crippen LogP) is 2.46. The minimum absolute atomic E-state index is 0.187. The van der Waals surface area contributed by atoms with Crippen LogP contribution >= 0.6 is 15.9 Å². The number of nitrogens with two attached hydrogens (primary N) is 1. The fraction of sp³-hybridized carbons (Fsp3) is 0.500. The Morgan fingerprint density at radius 2 is 2.24 bits per heavy atom. The number of hydrogen-bond acceptors (Lipinski definition) is 3. The molecule has 1 amide bonds. The molecule has 0 aliphatic rings. The standard InChI is InChI=1S/C12H18BrN3O/c1-7(2)4-10(14)12(17)16-11-5-8(3)9(13)6-15-11/h5-7,10H,4,14H2,1-3H3,(H,15,16,17)/t10-/m0/s1. The molecular weight excluding hydrogens is 282 g/mol. The quantitative estimate of drug-likeness (QED) is 0.897. The Labute approximate surface area is 110 Å². The van der Waals surface area contributed by atoms with Gasteiger partial charge in [-0.05, 0) is 46.8 Å². The lowest BCUT2D eigenvalue weighted by Gasteiger charge is -2.14. The highest BCUT2D eigenvalue weighted by atomic mass is 79.9. The first kappa shape index (κ1) is 14.1. The number of amides is 1. The maximum absolute atomic E-state index is 11.8. The van der Waals surface area contributed by atoms with Crippen molar-refractivity contribution in [1.29, 1.82) is 0 Å². The van der Waals surface area contributed by atoms with Crippen LogP contribution in [0.15, 0.2) is 16.7 Å². The lowest BCUT2D eigenvalue weighted by Crippen LogP contribution is -2.36. The van der Waals surface area contributed by atoms with Crippen LogP contribution in [-0.4, -0.2) is 16.9 Å². The van der Waals surface area contributed by atoms with Crippen molar-refractivity contribution in [2.24, 2.45) is 11.7 Å². The Morgan fingerprint density at radius 3 is 2.76 bits per heavy atom. The number of aryl methyl sites for hydroxylation is 1. The molecule has 1 rings (SSSR count). The average molecular weight is 300 g/mol. The molecule has 1 atom stereocenters. The topological polar surface area (TPSA) is 68.0 Å². The number of aromatic nitrogens is 1. The summed E-state index contributed by atoms with van der Waals surface area (Å²) in [5, 5.41) is 2.72. The van der Waals surface area contributed by atoms with Gasteiger partial charge in [0, 0.05) is 10.7 Å². The normalized spacial score (nSPS) is 12.6. The third-order valence-electron chi connectivity index (χ3n) is 2.36. The van der Waals surface area contributed by atoms with Crippen LogP contribution in [0.3, 0.4) is 0 Å². The highest BCUT2D eigenvalue weighted by Gasteiger charge is 2.15. The smallest absolute Gasteiger partial charge is 0.242 e. The molecule has 1 heterocycles. The summed E-state index contributed by atoms with van der Waals surface area (Å²) < 4.78 is 0.918. The molecule has 0 unspecified atom stereocenters. The molecular formula is C12H18BrN3O. The van der Waals surface area contributed by atoms with E-state index in [-0.39, 0.29) is 5.91 Å². The lowest BCUT2D eigenvalue weighted by molar-refractivity contribution is -0.117. The first-order chi connectivity index (χ1) is 7.90. The average Bonchev–Trinajstić information content (AvgIpc) is 2.22. The number of rotatable bonds is 4. The van der Waals surface area contributed by atoms with Crippen LogP contribution in [-0.2, 0) is 4.79 Å². The van der Waals surface area contributed by atoms with E-state index in [1.807, 2.05) is 26.8 Å². The van der Waals surface area contributed by atoms with Gasteiger partial charge in [-0.25, -0.2) is 4.98 Å². The Bertz CT molecular complexity index is 407. The predicted molar refractivity (Wildman–Crippen MR) is 72.7 cm³/mol. The number of nitrogens with one attached hydrogen (secondary N) is 1. The van der Waals surface area contributed by atoms with Crippen molar-refractivity contribution in [2.45, 2.75) is 33.2 Å². The number of pyridine rings is 1. The summed E-state index contributed by atoms with van der Waals surface area (Å²) in [4.78, 5) is 15.9. The highest BCUT2D eigenvalue weighted by molar-refractivity contribution is 9.10. The molecule has 94 valence electrons. The van der Waals surface area contributed by atoms with E-state index in [0.29, 0.717) is 18.2 Å². The summed E-state index contributed by atoms with van der Waals surface area (Å²) >= 11 is 3.36. The Kier molecular flexibility index (Phi) is 5.08. The van der Waals surface area contributed by atoms with E-state index < -0.39 is 6.04 Å².